The van der Waals surface area contributed by atoms with E-state index in [0.717, 1.165) is 22.4 Å². The largest absolute Gasteiger partial charge is 0.507 e. The van der Waals surface area contributed by atoms with Gasteiger partial charge in [0, 0.05) is 5.69 Å². The minimum absolute atomic E-state index is 0.0902. The van der Waals surface area contributed by atoms with Gasteiger partial charge in [0.15, 0.2) is 0 Å². The van der Waals surface area contributed by atoms with Crippen molar-refractivity contribution in [3.63, 3.8) is 0 Å². The Labute approximate surface area is 104 Å². The predicted molar refractivity (Wildman–Crippen MR) is 69.3 cm³/mol. The smallest absolute Gasteiger partial charge is 0.237 e. The van der Waals surface area contributed by atoms with Gasteiger partial charge < -0.3 is 10.4 Å². The molecule has 2 N–H and O–H groups in total. The molecule has 1 aromatic carbocycles. The molecule has 0 aliphatic heterocycles. The van der Waals surface area contributed by atoms with Crippen molar-refractivity contribution in [2.24, 2.45) is 0 Å². The molecule has 0 spiro atoms. The molecule has 1 atom stereocenters. The van der Waals surface area contributed by atoms with Gasteiger partial charge in [-0.25, -0.2) is 0 Å². The highest BCUT2D eigenvalue weighted by atomic mass is 79.9. The molecule has 3 nitrogen and oxygen atoms in total. The number of anilines is 1. The van der Waals surface area contributed by atoms with Crippen LogP contribution in [0.4, 0.5) is 5.69 Å². The number of alkyl halides is 1. The highest BCUT2D eigenvalue weighted by Gasteiger charge is 2.13. The van der Waals surface area contributed by atoms with Gasteiger partial charge in [0.2, 0.25) is 5.91 Å². The van der Waals surface area contributed by atoms with Crippen molar-refractivity contribution in [1.82, 2.24) is 0 Å². The number of carbonyl (C=O) groups excluding carboxylic acids is 1. The molecule has 88 valence electrons. The van der Waals surface area contributed by atoms with E-state index < -0.39 is 0 Å². The van der Waals surface area contributed by atoms with Gasteiger partial charge in [-0.15, -0.1) is 0 Å². The van der Waals surface area contributed by atoms with Crippen LogP contribution in [0.3, 0.4) is 0 Å². The second-order valence-corrected chi connectivity index (χ2v) is 5.32. The number of nitrogens with one attached hydrogen (secondary N) is 1. The quantitative estimate of drug-likeness (QED) is 0.648. The Balaban J connectivity index is 3.11. The summed E-state index contributed by atoms with van der Waals surface area (Å²) in [6.45, 7) is 7.30. The van der Waals surface area contributed by atoms with E-state index in [0.29, 0.717) is 5.75 Å². The van der Waals surface area contributed by atoms with E-state index in [2.05, 4.69) is 21.2 Å². The van der Waals surface area contributed by atoms with Crippen molar-refractivity contribution in [2.45, 2.75) is 32.5 Å². The van der Waals surface area contributed by atoms with E-state index >= 15 is 0 Å². The van der Waals surface area contributed by atoms with Gasteiger partial charge in [-0.2, -0.15) is 0 Å². The third-order valence-corrected chi connectivity index (χ3v) is 3.09. The molecule has 0 bridgehead atoms. The summed E-state index contributed by atoms with van der Waals surface area (Å²) < 4.78 is 0. The van der Waals surface area contributed by atoms with E-state index in [1.807, 2.05) is 20.8 Å². The lowest BCUT2D eigenvalue weighted by molar-refractivity contribution is -0.115. The molecule has 1 aromatic rings. The first kappa shape index (κ1) is 13.0. The number of hydrogen-bond donors (Lipinski definition) is 2. The lowest BCUT2D eigenvalue weighted by Gasteiger charge is -2.14. The molecule has 0 aliphatic rings. The summed E-state index contributed by atoms with van der Waals surface area (Å²) in [6, 6.07) is 1.78. The van der Waals surface area contributed by atoms with Crippen LogP contribution in [0.15, 0.2) is 6.07 Å². The van der Waals surface area contributed by atoms with E-state index in [9.17, 15) is 9.90 Å². The molecule has 0 fully saturated rings. The molecule has 1 amide bonds. The number of halogens is 1. The van der Waals surface area contributed by atoms with Gasteiger partial charge in [-0.1, -0.05) is 15.9 Å². The number of amides is 1. The maximum absolute atomic E-state index is 11.6. The Bertz CT molecular complexity index is 428. The number of rotatable bonds is 2. The van der Waals surface area contributed by atoms with Crippen LogP contribution in [0.1, 0.15) is 23.6 Å². The normalized spacial score (nSPS) is 12.3. The van der Waals surface area contributed by atoms with Crippen LogP contribution in [0.2, 0.25) is 0 Å². The van der Waals surface area contributed by atoms with E-state index in [4.69, 9.17) is 0 Å². The molecule has 0 aromatic heterocycles. The summed E-state index contributed by atoms with van der Waals surface area (Å²) in [5.74, 6) is 0.204. The third-order valence-electron chi connectivity index (χ3n) is 2.68. The standard InChI is InChI=1S/C12H16BrNO2/c1-6-5-10(14-12(16)9(4)13)7(2)8(3)11(6)15/h5,9,15H,1-4H3,(H,14,16). The predicted octanol–water partition coefficient (Wildman–Crippen LogP) is 3.04. The van der Waals surface area contributed by atoms with Gasteiger partial charge in [0.05, 0.1) is 4.83 Å². The molecule has 0 radical (unpaired) electrons. The van der Waals surface area contributed by atoms with Crippen LogP contribution in [-0.4, -0.2) is 15.8 Å². The number of hydrogen-bond acceptors (Lipinski definition) is 2. The molecule has 1 unspecified atom stereocenters. The molecule has 4 heteroatoms. The Morgan fingerprint density at radius 1 is 1.38 bits per heavy atom. The number of benzene rings is 1. The minimum Gasteiger partial charge on any atom is -0.507 e. The first-order valence-corrected chi connectivity index (χ1v) is 6.01. The molecule has 0 saturated heterocycles. The second kappa shape index (κ2) is 4.87. The van der Waals surface area contributed by atoms with Crippen LogP contribution in [0.25, 0.3) is 0 Å². The Morgan fingerprint density at radius 3 is 2.44 bits per heavy atom. The highest BCUT2D eigenvalue weighted by molar-refractivity contribution is 9.10. The van der Waals surface area contributed by atoms with Gasteiger partial charge in [-0.3, -0.25) is 4.79 Å². The van der Waals surface area contributed by atoms with E-state index in [1.165, 1.54) is 0 Å². The molecule has 0 aliphatic carbocycles. The van der Waals surface area contributed by atoms with Crippen LogP contribution < -0.4 is 5.32 Å². The Hall–Kier alpha value is -1.03. The number of phenolic OH excluding ortho intramolecular Hbond substituents is 1. The molecule has 16 heavy (non-hydrogen) atoms. The zero-order chi connectivity index (χ0) is 12.5. The van der Waals surface area contributed by atoms with Crippen molar-refractivity contribution >= 4 is 27.5 Å². The van der Waals surface area contributed by atoms with Gasteiger partial charge in [-0.05, 0) is 50.5 Å². The van der Waals surface area contributed by atoms with Crippen molar-refractivity contribution in [3.05, 3.63) is 22.8 Å². The highest BCUT2D eigenvalue weighted by Crippen LogP contribution is 2.30. The minimum atomic E-state index is -0.235. The number of carbonyl (C=O) groups is 1. The molecule has 0 saturated carbocycles. The van der Waals surface area contributed by atoms with Gasteiger partial charge in [0.1, 0.15) is 5.75 Å². The monoisotopic (exact) mass is 285 g/mol. The van der Waals surface area contributed by atoms with E-state index in [-0.39, 0.29) is 10.7 Å². The first-order chi connectivity index (χ1) is 7.34. The fraction of sp³-hybridized carbons (Fsp3) is 0.417. The zero-order valence-corrected chi connectivity index (χ0v) is 11.5. The summed E-state index contributed by atoms with van der Waals surface area (Å²) in [5.41, 5.74) is 3.21. The van der Waals surface area contributed by atoms with E-state index in [1.54, 1.807) is 13.0 Å². The fourth-order valence-electron chi connectivity index (χ4n) is 1.43. The Morgan fingerprint density at radius 2 is 1.94 bits per heavy atom. The topological polar surface area (TPSA) is 49.3 Å². The van der Waals surface area contributed by atoms with Crippen LogP contribution in [0, 0.1) is 20.8 Å². The van der Waals surface area contributed by atoms with Crippen molar-refractivity contribution in [3.8, 4) is 5.75 Å². The first-order valence-electron chi connectivity index (χ1n) is 5.09. The van der Waals surface area contributed by atoms with Gasteiger partial charge in [0.25, 0.3) is 0 Å². The summed E-state index contributed by atoms with van der Waals surface area (Å²) in [5, 5.41) is 12.6. The average Bonchev–Trinajstić information content (AvgIpc) is 2.22. The van der Waals surface area contributed by atoms with Crippen molar-refractivity contribution in [1.29, 1.82) is 0 Å². The number of aromatic hydroxyl groups is 1. The summed E-state index contributed by atoms with van der Waals surface area (Å²) >= 11 is 3.21. The summed E-state index contributed by atoms with van der Waals surface area (Å²) in [7, 11) is 0. The van der Waals surface area contributed by atoms with Gasteiger partial charge >= 0.3 is 0 Å². The zero-order valence-electron chi connectivity index (χ0n) is 9.89. The number of aryl methyl sites for hydroxylation is 1. The van der Waals surface area contributed by atoms with Crippen molar-refractivity contribution < 1.29 is 9.90 Å². The molecule has 1 rings (SSSR count). The molecule has 0 heterocycles. The lowest BCUT2D eigenvalue weighted by atomic mass is 10.0. The van der Waals surface area contributed by atoms with Crippen molar-refractivity contribution in [2.75, 3.05) is 5.32 Å². The van der Waals surface area contributed by atoms with Crippen LogP contribution in [-0.2, 0) is 4.79 Å². The molecular formula is C12H16BrNO2. The number of phenols is 1. The average molecular weight is 286 g/mol. The second-order valence-electron chi connectivity index (χ2n) is 3.94. The maximum Gasteiger partial charge on any atom is 0.237 e. The fourth-order valence-corrected chi connectivity index (χ4v) is 1.54. The third kappa shape index (κ3) is 2.55. The SMILES string of the molecule is Cc1cc(NC(=O)C(C)Br)c(C)c(C)c1O. The maximum atomic E-state index is 11.6. The molecular weight excluding hydrogens is 270 g/mol. The summed E-state index contributed by atoms with van der Waals surface area (Å²) in [4.78, 5) is 11.3. The van der Waals surface area contributed by atoms with Crippen LogP contribution >= 0.6 is 15.9 Å². The Kier molecular flexibility index (Phi) is 3.97. The summed E-state index contributed by atoms with van der Waals surface area (Å²) in [6.07, 6.45) is 0. The lowest BCUT2D eigenvalue weighted by Crippen LogP contribution is -2.20. The van der Waals surface area contributed by atoms with Crippen LogP contribution in [0.5, 0.6) is 5.75 Å².